The van der Waals surface area contributed by atoms with Gasteiger partial charge in [-0.1, -0.05) is 12.1 Å². The van der Waals surface area contributed by atoms with Gasteiger partial charge in [-0.15, -0.1) is 0 Å². The number of amides is 1. The minimum absolute atomic E-state index is 0.122. The minimum Gasteiger partial charge on any atom is -0.399 e. The van der Waals surface area contributed by atoms with Gasteiger partial charge in [-0.3, -0.25) is 4.79 Å². The Morgan fingerprint density at radius 3 is 2.53 bits per heavy atom. The molecule has 2 aliphatic rings. The van der Waals surface area contributed by atoms with Crippen molar-refractivity contribution in [1.29, 1.82) is 0 Å². The van der Waals surface area contributed by atoms with Crippen LogP contribution in [0.2, 0.25) is 0 Å². The van der Waals surface area contributed by atoms with Crippen molar-refractivity contribution in [3.63, 3.8) is 0 Å². The van der Waals surface area contributed by atoms with E-state index < -0.39 is 0 Å². The minimum atomic E-state index is 0.122. The van der Waals surface area contributed by atoms with Crippen LogP contribution in [-0.4, -0.2) is 12.5 Å². The third-order valence-corrected chi connectivity index (χ3v) is 4.31. The zero-order valence-electron chi connectivity index (χ0n) is 11.3. The Labute approximate surface area is 114 Å². The molecule has 2 fully saturated rings. The lowest BCUT2D eigenvalue weighted by molar-refractivity contribution is -0.120. The normalized spacial score (nSPS) is 18.6. The van der Waals surface area contributed by atoms with Gasteiger partial charge < -0.3 is 11.1 Å². The molecule has 3 heteroatoms. The fourth-order valence-corrected chi connectivity index (χ4v) is 2.95. The van der Waals surface area contributed by atoms with Crippen molar-refractivity contribution in [3.05, 3.63) is 29.8 Å². The molecule has 0 radical (unpaired) electrons. The molecular formula is C16H22N2O. The third-order valence-electron chi connectivity index (χ3n) is 4.31. The first-order valence-electron chi connectivity index (χ1n) is 7.33. The number of rotatable bonds is 6. The Kier molecular flexibility index (Phi) is 3.45. The van der Waals surface area contributed by atoms with Crippen molar-refractivity contribution in [3.8, 4) is 0 Å². The van der Waals surface area contributed by atoms with Crippen molar-refractivity contribution in [2.75, 3.05) is 12.3 Å². The summed E-state index contributed by atoms with van der Waals surface area (Å²) >= 11 is 0. The van der Waals surface area contributed by atoms with Crippen molar-refractivity contribution in [2.45, 2.75) is 32.1 Å². The van der Waals surface area contributed by atoms with Crippen LogP contribution in [0, 0.1) is 17.8 Å². The molecule has 0 atom stereocenters. The van der Waals surface area contributed by atoms with Gasteiger partial charge in [-0.05, 0) is 61.1 Å². The number of benzene rings is 1. The number of hydrogen-bond acceptors (Lipinski definition) is 2. The number of nitrogen functional groups attached to an aromatic ring is 1. The summed E-state index contributed by atoms with van der Waals surface area (Å²) in [5.74, 6) is 2.64. The Morgan fingerprint density at radius 2 is 1.95 bits per heavy atom. The van der Waals surface area contributed by atoms with E-state index >= 15 is 0 Å². The molecule has 3 nitrogen and oxygen atoms in total. The highest BCUT2D eigenvalue weighted by molar-refractivity contribution is 5.78. The second kappa shape index (κ2) is 5.24. The first-order chi connectivity index (χ1) is 9.22. The quantitative estimate of drug-likeness (QED) is 0.770. The third kappa shape index (κ3) is 3.49. The maximum atomic E-state index is 12.0. The molecule has 0 saturated heterocycles. The molecule has 0 bridgehead atoms. The second-order valence-electron chi connectivity index (χ2n) is 6.06. The number of hydrogen-bond donors (Lipinski definition) is 2. The highest BCUT2D eigenvalue weighted by Gasteiger charge is 2.41. The van der Waals surface area contributed by atoms with E-state index in [1.54, 1.807) is 0 Å². The molecule has 3 rings (SSSR count). The molecule has 19 heavy (non-hydrogen) atoms. The van der Waals surface area contributed by atoms with Gasteiger partial charge in [0, 0.05) is 12.2 Å². The van der Waals surface area contributed by atoms with E-state index in [1.807, 2.05) is 24.3 Å². The van der Waals surface area contributed by atoms with E-state index in [9.17, 15) is 4.79 Å². The standard InChI is InChI=1S/C16H22N2O/c17-14-3-1-2-11(8-14)9-16(19)18-10-15(12-4-5-12)13-6-7-13/h1-3,8,12-13,15H,4-7,9-10,17H2,(H,18,19). The zero-order valence-corrected chi connectivity index (χ0v) is 11.3. The summed E-state index contributed by atoms with van der Waals surface area (Å²) in [5.41, 5.74) is 7.43. The van der Waals surface area contributed by atoms with Gasteiger partial charge in [0.25, 0.3) is 0 Å². The first kappa shape index (κ1) is 12.5. The summed E-state index contributed by atoms with van der Waals surface area (Å²) in [6.45, 7) is 0.872. The Morgan fingerprint density at radius 1 is 1.26 bits per heavy atom. The van der Waals surface area contributed by atoms with Crippen molar-refractivity contribution >= 4 is 11.6 Å². The molecule has 102 valence electrons. The van der Waals surface area contributed by atoms with Crippen LogP contribution in [0.5, 0.6) is 0 Å². The number of nitrogens with two attached hydrogens (primary N) is 1. The first-order valence-corrected chi connectivity index (χ1v) is 7.33. The molecule has 0 unspecified atom stereocenters. The molecule has 1 amide bonds. The average Bonchev–Trinajstić information content (AvgIpc) is 3.24. The lowest BCUT2D eigenvalue weighted by Crippen LogP contribution is -2.32. The Hall–Kier alpha value is -1.51. The summed E-state index contributed by atoms with van der Waals surface area (Å²) in [5, 5.41) is 3.11. The van der Waals surface area contributed by atoms with Gasteiger partial charge in [-0.2, -0.15) is 0 Å². The SMILES string of the molecule is Nc1cccc(CC(=O)NCC(C2CC2)C2CC2)c1. The summed E-state index contributed by atoms with van der Waals surface area (Å²) in [6.07, 6.45) is 5.91. The van der Waals surface area contributed by atoms with Crippen molar-refractivity contribution in [1.82, 2.24) is 5.32 Å². The molecule has 0 aromatic heterocycles. The number of carbonyl (C=O) groups excluding carboxylic acids is 1. The molecule has 2 saturated carbocycles. The number of carbonyl (C=O) groups is 1. The maximum Gasteiger partial charge on any atom is 0.224 e. The average molecular weight is 258 g/mol. The summed E-state index contributed by atoms with van der Waals surface area (Å²) in [4.78, 5) is 12.0. The molecule has 3 N–H and O–H groups in total. The Bertz CT molecular complexity index is 452. The van der Waals surface area contributed by atoms with Gasteiger partial charge in [-0.25, -0.2) is 0 Å². The Balaban J connectivity index is 1.48. The van der Waals surface area contributed by atoms with Crippen LogP contribution in [0.15, 0.2) is 24.3 Å². The highest BCUT2D eigenvalue weighted by atomic mass is 16.1. The van der Waals surface area contributed by atoms with Crippen LogP contribution >= 0.6 is 0 Å². The lowest BCUT2D eigenvalue weighted by atomic mass is 9.98. The predicted octanol–water partition coefficient (Wildman–Crippen LogP) is 2.36. The lowest BCUT2D eigenvalue weighted by Gasteiger charge is -2.16. The van der Waals surface area contributed by atoms with E-state index in [2.05, 4.69) is 5.32 Å². The molecule has 0 spiro atoms. The molecule has 2 aliphatic carbocycles. The second-order valence-corrected chi connectivity index (χ2v) is 6.06. The van der Waals surface area contributed by atoms with E-state index in [4.69, 9.17) is 5.73 Å². The number of nitrogens with one attached hydrogen (secondary N) is 1. The van der Waals surface area contributed by atoms with Crippen molar-refractivity contribution < 1.29 is 4.79 Å². The molecular weight excluding hydrogens is 236 g/mol. The van der Waals surface area contributed by atoms with Crippen LogP contribution in [-0.2, 0) is 11.2 Å². The van der Waals surface area contributed by atoms with E-state index in [-0.39, 0.29) is 5.91 Å². The van der Waals surface area contributed by atoms with E-state index in [0.717, 1.165) is 35.5 Å². The summed E-state index contributed by atoms with van der Waals surface area (Å²) in [6, 6.07) is 7.57. The van der Waals surface area contributed by atoms with Crippen LogP contribution in [0.25, 0.3) is 0 Å². The van der Waals surface area contributed by atoms with Gasteiger partial charge in [0.05, 0.1) is 6.42 Å². The van der Waals surface area contributed by atoms with Crippen LogP contribution < -0.4 is 11.1 Å². The summed E-state index contributed by atoms with van der Waals surface area (Å²) in [7, 11) is 0. The van der Waals surface area contributed by atoms with Gasteiger partial charge in [0.2, 0.25) is 5.91 Å². The van der Waals surface area contributed by atoms with Crippen LogP contribution in [0.4, 0.5) is 5.69 Å². The van der Waals surface area contributed by atoms with E-state index in [0.29, 0.717) is 6.42 Å². The van der Waals surface area contributed by atoms with Crippen LogP contribution in [0.1, 0.15) is 31.2 Å². The fourth-order valence-electron chi connectivity index (χ4n) is 2.95. The molecule has 0 aliphatic heterocycles. The number of anilines is 1. The monoisotopic (exact) mass is 258 g/mol. The largest absolute Gasteiger partial charge is 0.399 e. The van der Waals surface area contributed by atoms with Gasteiger partial charge >= 0.3 is 0 Å². The van der Waals surface area contributed by atoms with Crippen molar-refractivity contribution in [2.24, 2.45) is 17.8 Å². The predicted molar refractivity (Wildman–Crippen MR) is 76.5 cm³/mol. The molecule has 0 heterocycles. The van der Waals surface area contributed by atoms with Gasteiger partial charge in [0.15, 0.2) is 0 Å². The topological polar surface area (TPSA) is 55.1 Å². The van der Waals surface area contributed by atoms with E-state index in [1.165, 1.54) is 25.7 Å². The van der Waals surface area contributed by atoms with Gasteiger partial charge in [0.1, 0.15) is 0 Å². The maximum absolute atomic E-state index is 12.0. The smallest absolute Gasteiger partial charge is 0.224 e. The highest BCUT2D eigenvalue weighted by Crippen LogP contribution is 2.48. The fraction of sp³-hybridized carbons (Fsp3) is 0.562. The van der Waals surface area contributed by atoms with Crippen LogP contribution in [0.3, 0.4) is 0 Å². The summed E-state index contributed by atoms with van der Waals surface area (Å²) < 4.78 is 0. The molecule has 1 aromatic carbocycles. The molecule has 1 aromatic rings. The zero-order chi connectivity index (χ0) is 13.2.